The fraction of sp³-hybridized carbons (Fsp3) is 0.125. The normalized spacial score (nSPS) is 8.92. The van der Waals surface area contributed by atoms with Crippen molar-refractivity contribution in [3.8, 4) is 6.07 Å². The van der Waals surface area contributed by atoms with Gasteiger partial charge in [0.2, 0.25) is 0 Å². The van der Waals surface area contributed by atoms with Gasteiger partial charge in [-0.1, -0.05) is 6.07 Å². The SMILES string of the molecule is N#CCc1cccnc1C(=O)O. The Morgan fingerprint density at radius 3 is 3.08 bits per heavy atom. The molecule has 1 N–H and O–H groups in total. The Morgan fingerprint density at radius 2 is 2.50 bits per heavy atom. The van der Waals surface area contributed by atoms with E-state index >= 15 is 0 Å². The van der Waals surface area contributed by atoms with Gasteiger partial charge in [0.05, 0.1) is 12.5 Å². The van der Waals surface area contributed by atoms with E-state index in [2.05, 4.69) is 4.98 Å². The third kappa shape index (κ3) is 1.58. The number of nitrogens with zero attached hydrogens (tertiary/aromatic N) is 2. The molecule has 1 aromatic rings. The molecule has 0 aliphatic carbocycles. The lowest BCUT2D eigenvalue weighted by Gasteiger charge is -1.97. The van der Waals surface area contributed by atoms with Crippen molar-refractivity contribution in [1.29, 1.82) is 5.26 Å². The first-order valence-corrected chi connectivity index (χ1v) is 3.30. The first-order chi connectivity index (χ1) is 5.75. The Morgan fingerprint density at radius 1 is 1.75 bits per heavy atom. The number of rotatable bonds is 2. The number of carboxylic acids is 1. The Hall–Kier alpha value is -1.89. The molecule has 0 aliphatic heterocycles. The van der Waals surface area contributed by atoms with Crippen molar-refractivity contribution in [2.24, 2.45) is 0 Å². The summed E-state index contributed by atoms with van der Waals surface area (Å²) in [7, 11) is 0. The van der Waals surface area contributed by atoms with Crippen LogP contribution in [-0.4, -0.2) is 16.1 Å². The number of hydrogen-bond donors (Lipinski definition) is 1. The number of carbonyl (C=O) groups is 1. The molecule has 0 saturated carbocycles. The molecule has 0 aliphatic rings. The van der Waals surface area contributed by atoms with Crippen molar-refractivity contribution in [3.05, 3.63) is 29.6 Å². The quantitative estimate of drug-likeness (QED) is 0.699. The highest BCUT2D eigenvalue weighted by Gasteiger charge is 2.09. The molecule has 0 aromatic carbocycles. The summed E-state index contributed by atoms with van der Waals surface area (Å²) in [6.07, 6.45) is 1.47. The highest BCUT2D eigenvalue weighted by atomic mass is 16.4. The summed E-state index contributed by atoms with van der Waals surface area (Å²) in [5, 5.41) is 17.0. The van der Waals surface area contributed by atoms with Crippen LogP contribution in [0.25, 0.3) is 0 Å². The van der Waals surface area contributed by atoms with Gasteiger partial charge in [0.25, 0.3) is 0 Å². The molecule has 0 amide bonds. The number of aromatic nitrogens is 1. The van der Waals surface area contributed by atoms with Gasteiger partial charge in [-0.15, -0.1) is 0 Å². The van der Waals surface area contributed by atoms with Crippen LogP contribution in [0.3, 0.4) is 0 Å². The summed E-state index contributed by atoms with van der Waals surface area (Å²) in [4.78, 5) is 14.2. The third-order valence-electron chi connectivity index (χ3n) is 1.36. The van der Waals surface area contributed by atoms with Crippen LogP contribution in [0.2, 0.25) is 0 Å². The minimum absolute atomic E-state index is 0.0425. The molecule has 0 atom stereocenters. The zero-order valence-electron chi connectivity index (χ0n) is 6.19. The van der Waals surface area contributed by atoms with Gasteiger partial charge in [-0.25, -0.2) is 9.78 Å². The van der Waals surface area contributed by atoms with Gasteiger partial charge in [-0.3, -0.25) is 0 Å². The number of aromatic carboxylic acids is 1. The van der Waals surface area contributed by atoms with E-state index in [1.165, 1.54) is 6.20 Å². The summed E-state index contributed by atoms with van der Waals surface area (Å²) < 4.78 is 0. The molecule has 0 saturated heterocycles. The van der Waals surface area contributed by atoms with Crippen molar-refractivity contribution in [2.75, 3.05) is 0 Å². The number of pyridine rings is 1. The van der Waals surface area contributed by atoms with Gasteiger partial charge in [-0.05, 0) is 11.6 Å². The molecule has 4 heteroatoms. The van der Waals surface area contributed by atoms with E-state index in [9.17, 15) is 4.79 Å². The molecule has 0 radical (unpaired) electrons. The summed E-state index contributed by atoms with van der Waals surface area (Å²) in [6, 6.07) is 5.07. The molecule has 1 aromatic heterocycles. The molecule has 12 heavy (non-hydrogen) atoms. The van der Waals surface area contributed by atoms with E-state index in [0.29, 0.717) is 5.56 Å². The van der Waals surface area contributed by atoms with Crippen LogP contribution in [0.4, 0.5) is 0 Å². The van der Waals surface area contributed by atoms with Crippen LogP contribution in [0, 0.1) is 11.3 Å². The van der Waals surface area contributed by atoms with E-state index in [-0.39, 0.29) is 12.1 Å². The number of hydrogen-bond acceptors (Lipinski definition) is 3. The predicted molar refractivity (Wildman–Crippen MR) is 40.5 cm³/mol. The molecule has 0 spiro atoms. The van der Waals surface area contributed by atoms with E-state index < -0.39 is 5.97 Å². The van der Waals surface area contributed by atoms with Crippen LogP contribution in [0.5, 0.6) is 0 Å². The monoisotopic (exact) mass is 162 g/mol. The fourth-order valence-corrected chi connectivity index (χ4v) is 0.859. The zero-order chi connectivity index (χ0) is 8.97. The van der Waals surface area contributed by atoms with Crippen molar-refractivity contribution in [1.82, 2.24) is 4.98 Å². The van der Waals surface area contributed by atoms with Gasteiger partial charge in [0.15, 0.2) is 5.69 Å². The average molecular weight is 162 g/mol. The second-order valence-corrected chi connectivity index (χ2v) is 2.15. The molecular formula is C8H6N2O2. The maximum atomic E-state index is 10.5. The van der Waals surface area contributed by atoms with Crippen LogP contribution in [-0.2, 0) is 6.42 Å². The molecule has 0 bridgehead atoms. The second-order valence-electron chi connectivity index (χ2n) is 2.15. The first-order valence-electron chi connectivity index (χ1n) is 3.30. The van der Waals surface area contributed by atoms with Crippen molar-refractivity contribution < 1.29 is 9.90 Å². The van der Waals surface area contributed by atoms with Crippen LogP contribution < -0.4 is 0 Å². The Bertz CT molecular complexity index is 341. The summed E-state index contributed by atoms with van der Waals surface area (Å²) >= 11 is 0. The van der Waals surface area contributed by atoms with Gasteiger partial charge in [0.1, 0.15) is 0 Å². The van der Waals surface area contributed by atoms with E-state index in [0.717, 1.165) is 0 Å². The van der Waals surface area contributed by atoms with Gasteiger partial charge < -0.3 is 5.11 Å². The molecular weight excluding hydrogens is 156 g/mol. The Kier molecular flexibility index (Phi) is 2.38. The highest BCUT2D eigenvalue weighted by molar-refractivity contribution is 5.87. The summed E-state index contributed by atoms with van der Waals surface area (Å²) in [5.41, 5.74) is 0.409. The lowest BCUT2D eigenvalue weighted by molar-refractivity contribution is 0.0689. The molecule has 1 heterocycles. The van der Waals surface area contributed by atoms with Crippen LogP contribution in [0.1, 0.15) is 16.1 Å². The van der Waals surface area contributed by atoms with Crippen molar-refractivity contribution >= 4 is 5.97 Å². The third-order valence-corrected chi connectivity index (χ3v) is 1.36. The standard InChI is InChI=1S/C8H6N2O2/c9-4-3-6-2-1-5-10-7(6)8(11)12/h1-2,5H,3H2,(H,11,12). The maximum Gasteiger partial charge on any atom is 0.354 e. The topological polar surface area (TPSA) is 74.0 Å². The lowest BCUT2D eigenvalue weighted by Crippen LogP contribution is -2.04. The Labute approximate surface area is 69.1 Å². The molecule has 1 rings (SSSR count). The average Bonchev–Trinajstić information content (AvgIpc) is 2.05. The molecule has 60 valence electrons. The van der Waals surface area contributed by atoms with Gasteiger partial charge in [-0.2, -0.15) is 5.26 Å². The highest BCUT2D eigenvalue weighted by Crippen LogP contribution is 2.05. The van der Waals surface area contributed by atoms with Gasteiger partial charge in [0, 0.05) is 6.20 Å². The lowest BCUT2D eigenvalue weighted by atomic mass is 10.1. The van der Waals surface area contributed by atoms with Crippen LogP contribution >= 0.6 is 0 Å². The number of carboxylic acid groups (broad SMARTS) is 1. The van der Waals surface area contributed by atoms with E-state index in [1.807, 2.05) is 6.07 Å². The predicted octanol–water partition coefficient (Wildman–Crippen LogP) is 0.846. The fourth-order valence-electron chi connectivity index (χ4n) is 0.859. The Balaban J connectivity index is 3.10. The molecule has 4 nitrogen and oxygen atoms in total. The van der Waals surface area contributed by atoms with E-state index in [1.54, 1.807) is 12.1 Å². The summed E-state index contributed by atoms with van der Waals surface area (Å²) in [6.45, 7) is 0. The van der Waals surface area contributed by atoms with Crippen molar-refractivity contribution in [3.63, 3.8) is 0 Å². The smallest absolute Gasteiger partial charge is 0.354 e. The zero-order valence-corrected chi connectivity index (χ0v) is 6.19. The summed E-state index contributed by atoms with van der Waals surface area (Å²) in [5.74, 6) is -1.10. The maximum absolute atomic E-state index is 10.5. The molecule has 0 unspecified atom stereocenters. The van der Waals surface area contributed by atoms with Crippen LogP contribution in [0.15, 0.2) is 18.3 Å². The largest absolute Gasteiger partial charge is 0.477 e. The minimum atomic E-state index is -1.10. The number of nitriles is 1. The first kappa shape index (κ1) is 8.21. The second kappa shape index (κ2) is 3.49. The minimum Gasteiger partial charge on any atom is -0.477 e. The molecule has 0 fully saturated rings. The van der Waals surface area contributed by atoms with Gasteiger partial charge >= 0.3 is 5.97 Å². The van der Waals surface area contributed by atoms with Crippen molar-refractivity contribution in [2.45, 2.75) is 6.42 Å². The van der Waals surface area contributed by atoms with E-state index in [4.69, 9.17) is 10.4 Å².